The number of hydrogen-bond donors (Lipinski definition) is 0. The fourth-order valence-electron chi connectivity index (χ4n) is 0.442. The van der Waals surface area contributed by atoms with Gasteiger partial charge in [-0.1, -0.05) is 0 Å². The van der Waals surface area contributed by atoms with Crippen LogP contribution < -0.4 is 4.74 Å². The molecule has 0 atom stereocenters. The third-order valence-electron chi connectivity index (χ3n) is 0.758. The van der Waals surface area contributed by atoms with Crippen LogP contribution >= 0.6 is 0 Å². The van der Waals surface area contributed by atoms with Gasteiger partial charge in [-0.2, -0.15) is 13.9 Å². The molecule has 0 aliphatic heterocycles. The van der Waals surface area contributed by atoms with E-state index in [1.165, 1.54) is 18.3 Å². The van der Waals surface area contributed by atoms with Crippen LogP contribution in [0.4, 0.5) is 8.78 Å². The summed E-state index contributed by atoms with van der Waals surface area (Å²) in [5.74, 6) is -0.169. The Labute approximate surface area is 55.6 Å². The van der Waals surface area contributed by atoms with E-state index in [1.807, 2.05) is 0 Å². The predicted octanol–water partition coefficient (Wildman–Crippen LogP) is 1.08. The van der Waals surface area contributed by atoms with E-state index in [4.69, 9.17) is 0 Å². The molecular formula is C5H4F2N2O. The number of alkyl halides is 2. The van der Waals surface area contributed by atoms with Gasteiger partial charge in [-0.05, 0) is 6.07 Å². The molecule has 3 nitrogen and oxygen atoms in total. The molecule has 1 heterocycles. The standard InChI is InChI=1S/C5H4F2N2O/c6-5(7)10-4-2-1-3-8-9-4/h1-3,5H. The van der Waals surface area contributed by atoms with E-state index in [0.29, 0.717) is 0 Å². The van der Waals surface area contributed by atoms with E-state index in [-0.39, 0.29) is 5.88 Å². The maximum Gasteiger partial charge on any atom is 0.388 e. The second-order valence-electron chi connectivity index (χ2n) is 1.44. The molecule has 0 saturated carbocycles. The van der Waals surface area contributed by atoms with Gasteiger partial charge in [-0.25, -0.2) is 0 Å². The van der Waals surface area contributed by atoms with E-state index in [2.05, 4.69) is 14.9 Å². The molecule has 0 N–H and O–H groups in total. The van der Waals surface area contributed by atoms with Crippen LogP contribution in [-0.2, 0) is 0 Å². The van der Waals surface area contributed by atoms with Crippen molar-refractivity contribution in [2.75, 3.05) is 0 Å². The fourth-order valence-corrected chi connectivity index (χ4v) is 0.442. The van der Waals surface area contributed by atoms with Crippen molar-refractivity contribution in [2.45, 2.75) is 6.61 Å². The van der Waals surface area contributed by atoms with Crippen LogP contribution in [0.3, 0.4) is 0 Å². The summed E-state index contributed by atoms with van der Waals surface area (Å²) < 4.78 is 26.8. The highest BCUT2D eigenvalue weighted by Gasteiger charge is 2.03. The predicted molar refractivity (Wildman–Crippen MR) is 28.7 cm³/mol. The minimum absolute atomic E-state index is 0.169. The molecule has 0 fully saturated rings. The summed E-state index contributed by atoms with van der Waals surface area (Å²) in [5.41, 5.74) is 0. The lowest BCUT2D eigenvalue weighted by molar-refractivity contribution is -0.0534. The van der Waals surface area contributed by atoms with E-state index in [0.717, 1.165) is 0 Å². The smallest absolute Gasteiger partial charge is 0.388 e. The Morgan fingerprint density at radius 2 is 2.30 bits per heavy atom. The molecule has 1 rings (SSSR count). The molecule has 0 aliphatic rings. The van der Waals surface area contributed by atoms with Gasteiger partial charge in [0.15, 0.2) is 0 Å². The topological polar surface area (TPSA) is 35.0 Å². The third-order valence-corrected chi connectivity index (χ3v) is 0.758. The van der Waals surface area contributed by atoms with Crippen molar-refractivity contribution in [2.24, 2.45) is 0 Å². The van der Waals surface area contributed by atoms with Crippen molar-refractivity contribution < 1.29 is 13.5 Å². The maximum atomic E-state index is 11.4. The number of ether oxygens (including phenoxy) is 1. The summed E-state index contributed by atoms with van der Waals surface area (Å²) in [6.07, 6.45) is 1.37. The van der Waals surface area contributed by atoms with Crippen molar-refractivity contribution in [3.05, 3.63) is 18.3 Å². The highest BCUT2D eigenvalue weighted by Crippen LogP contribution is 2.05. The van der Waals surface area contributed by atoms with Crippen molar-refractivity contribution in [3.63, 3.8) is 0 Å². The largest absolute Gasteiger partial charge is 0.415 e. The molecule has 0 aliphatic carbocycles. The quantitative estimate of drug-likeness (QED) is 0.626. The van der Waals surface area contributed by atoms with Crippen LogP contribution in [0.15, 0.2) is 18.3 Å². The molecule has 5 heteroatoms. The van der Waals surface area contributed by atoms with Crippen molar-refractivity contribution in [3.8, 4) is 5.88 Å². The Balaban J connectivity index is 2.59. The summed E-state index contributed by atoms with van der Waals surface area (Å²) in [6, 6.07) is 2.77. The van der Waals surface area contributed by atoms with Gasteiger partial charge in [0.2, 0.25) is 5.88 Å². The maximum absolute atomic E-state index is 11.4. The number of halogens is 2. The van der Waals surface area contributed by atoms with Gasteiger partial charge >= 0.3 is 6.61 Å². The van der Waals surface area contributed by atoms with Gasteiger partial charge in [0.25, 0.3) is 0 Å². The molecule has 1 aromatic rings. The van der Waals surface area contributed by atoms with Gasteiger partial charge in [-0.3, -0.25) is 0 Å². The minimum Gasteiger partial charge on any atom is -0.415 e. The van der Waals surface area contributed by atoms with Gasteiger partial charge in [-0.15, -0.1) is 5.10 Å². The summed E-state index contributed by atoms with van der Waals surface area (Å²) in [4.78, 5) is 0. The van der Waals surface area contributed by atoms with Crippen LogP contribution in [0.2, 0.25) is 0 Å². The van der Waals surface area contributed by atoms with Crippen molar-refractivity contribution in [1.29, 1.82) is 0 Å². The SMILES string of the molecule is FC(F)Oc1cccnn1. The van der Waals surface area contributed by atoms with E-state index in [1.54, 1.807) is 0 Å². The molecule has 0 bridgehead atoms. The highest BCUT2D eigenvalue weighted by atomic mass is 19.3. The molecule has 10 heavy (non-hydrogen) atoms. The van der Waals surface area contributed by atoms with Gasteiger partial charge in [0.1, 0.15) is 0 Å². The normalized spacial score (nSPS) is 9.90. The molecule has 1 aromatic heterocycles. The van der Waals surface area contributed by atoms with E-state index >= 15 is 0 Å². The molecule has 0 unspecified atom stereocenters. The number of rotatable bonds is 2. The Kier molecular flexibility index (Phi) is 2.09. The summed E-state index contributed by atoms with van der Waals surface area (Å²) in [6.45, 7) is -2.84. The zero-order chi connectivity index (χ0) is 7.40. The molecule has 0 radical (unpaired) electrons. The average molecular weight is 146 g/mol. The van der Waals surface area contributed by atoms with E-state index in [9.17, 15) is 8.78 Å². The molecule has 0 amide bonds. The fraction of sp³-hybridized carbons (Fsp3) is 0.200. The first kappa shape index (κ1) is 6.85. The zero-order valence-corrected chi connectivity index (χ0v) is 4.87. The Morgan fingerprint density at radius 1 is 1.50 bits per heavy atom. The first-order valence-electron chi connectivity index (χ1n) is 2.51. The second-order valence-corrected chi connectivity index (χ2v) is 1.44. The summed E-state index contributed by atoms with van der Waals surface area (Å²) in [5, 5.41) is 6.60. The molecule has 54 valence electrons. The minimum atomic E-state index is -2.84. The van der Waals surface area contributed by atoms with Crippen molar-refractivity contribution >= 4 is 0 Å². The van der Waals surface area contributed by atoms with Crippen LogP contribution in [-0.4, -0.2) is 16.8 Å². The highest BCUT2D eigenvalue weighted by molar-refractivity contribution is 5.04. The lowest BCUT2D eigenvalue weighted by Crippen LogP contribution is -2.03. The zero-order valence-electron chi connectivity index (χ0n) is 4.87. The molecular weight excluding hydrogens is 142 g/mol. The summed E-state index contributed by atoms with van der Waals surface area (Å²) >= 11 is 0. The van der Waals surface area contributed by atoms with Crippen LogP contribution in [0, 0.1) is 0 Å². The first-order valence-corrected chi connectivity index (χ1v) is 2.51. The number of aromatic nitrogens is 2. The second kappa shape index (κ2) is 3.05. The number of hydrogen-bond acceptors (Lipinski definition) is 3. The van der Waals surface area contributed by atoms with Crippen LogP contribution in [0.5, 0.6) is 5.88 Å². The lowest BCUT2D eigenvalue weighted by atomic mass is 10.6. The van der Waals surface area contributed by atoms with Crippen molar-refractivity contribution in [1.82, 2.24) is 10.2 Å². The first-order chi connectivity index (χ1) is 4.79. The van der Waals surface area contributed by atoms with E-state index < -0.39 is 6.61 Å². The summed E-state index contributed by atoms with van der Waals surface area (Å²) in [7, 11) is 0. The van der Waals surface area contributed by atoms with Crippen LogP contribution in [0.1, 0.15) is 0 Å². The molecule has 0 saturated heterocycles. The lowest BCUT2D eigenvalue weighted by Gasteiger charge is -1.99. The Morgan fingerprint density at radius 3 is 2.80 bits per heavy atom. The molecule has 0 spiro atoms. The molecule has 0 aromatic carbocycles. The van der Waals surface area contributed by atoms with Gasteiger partial charge in [0, 0.05) is 12.3 Å². The Bertz CT molecular complexity index is 192. The monoisotopic (exact) mass is 146 g/mol. The van der Waals surface area contributed by atoms with Gasteiger partial charge < -0.3 is 4.74 Å². The average Bonchev–Trinajstić information content (AvgIpc) is 1.88. The van der Waals surface area contributed by atoms with Crippen LogP contribution in [0.25, 0.3) is 0 Å². The third kappa shape index (κ3) is 1.93. The number of nitrogens with zero attached hydrogens (tertiary/aromatic N) is 2. The van der Waals surface area contributed by atoms with Gasteiger partial charge in [0.05, 0.1) is 0 Å². The Hall–Kier alpha value is -1.26.